The van der Waals surface area contributed by atoms with Crippen molar-refractivity contribution in [3.63, 3.8) is 0 Å². The largest absolute Gasteiger partial charge is 0.269 e. The highest BCUT2D eigenvalue weighted by atomic mass is 28.3. The van der Waals surface area contributed by atoms with E-state index in [0.717, 1.165) is 6.42 Å². The molecule has 2 rings (SSSR count). The first kappa shape index (κ1) is 18.4. The maximum atomic E-state index is 10.9. The van der Waals surface area contributed by atoms with Crippen molar-refractivity contribution in [3.8, 4) is 12.3 Å². The van der Waals surface area contributed by atoms with E-state index in [1.165, 1.54) is 30.9 Å². The molecule has 0 radical (unpaired) electrons. The smallest absolute Gasteiger partial charge is 0.258 e. The summed E-state index contributed by atoms with van der Waals surface area (Å²) in [5.74, 6) is 2.43. The monoisotopic (exact) mass is 317 g/mol. The minimum Gasteiger partial charge on any atom is -0.258 e. The van der Waals surface area contributed by atoms with Crippen LogP contribution in [0.4, 0.5) is 5.69 Å². The molecule has 0 spiro atoms. The number of non-ortho nitro benzene ring substituents is 1. The zero-order valence-corrected chi connectivity index (χ0v) is 15.2. The molecule has 0 bridgehead atoms. The molecule has 0 amide bonds. The van der Waals surface area contributed by atoms with E-state index in [4.69, 9.17) is 6.42 Å². The van der Waals surface area contributed by atoms with Crippen LogP contribution in [0.1, 0.15) is 45.1 Å². The Bertz CT molecular complexity index is 562. The molecule has 4 heteroatoms. The Morgan fingerprint density at radius 2 is 2.05 bits per heavy atom. The van der Waals surface area contributed by atoms with Crippen molar-refractivity contribution in [3.05, 3.63) is 39.9 Å². The van der Waals surface area contributed by atoms with Gasteiger partial charge >= 0.3 is 0 Å². The van der Waals surface area contributed by atoms with Gasteiger partial charge in [-0.25, -0.2) is 0 Å². The molecule has 0 N–H and O–H groups in total. The van der Waals surface area contributed by atoms with Crippen molar-refractivity contribution in [2.24, 2.45) is 0 Å². The van der Waals surface area contributed by atoms with Gasteiger partial charge < -0.3 is 0 Å². The average molecular weight is 318 g/mol. The van der Waals surface area contributed by atoms with Crippen LogP contribution in [0.2, 0.25) is 19.1 Å². The van der Waals surface area contributed by atoms with E-state index in [1.807, 2.05) is 13.0 Å². The van der Waals surface area contributed by atoms with E-state index in [1.54, 1.807) is 12.1 Å². The molecule has 1 atom stereocenters. The third kappa shape index (κ3) is 3.98. The highest BCUT2D eigenvalue weighted by Crippen LogP contribution is 2.45. The number of terminal acetylenes is 1. The van der Waals surface area contributed by atoms with E-state index in [0.29, 0.717) is 0 Å². The van der Waals surface area contributed by atoms with E-state index in [9.17, 15) is 10.1 Å². The molecule has 1 saturated heterocycles. The van der Waals surface area contributed by atoms with Gasteiger partial charge in [0.2, 0.25) is 0 Å². The van der Waals surface area contributed by atoms with Gasteiger partial charge in [-0.3, -0.25) is 10.1 Å². The first-order valence-electron chi connectivity index (χ1n) is 7.97. The standard InChI is InChI=1S/C14H21NO2Si.C4H6/c1-14(9-4-5-10-18(14,2)3)12-7-6-8-13(11-12)15(16)17;1-3-4-2/h6-8,11H,4-5,9-10H2,1-3H3;1H,4H2,2H3. The molecular formula is C18H27NO2Si. The maximum absolute atomic E-state index is 10.9. The van der Waals surface area contributed by atoms with Crippen LogP contribution in [0.15, 0.2) is 24.3 Å². The zero-order valence-electron chi connectivity index (χ0n) is 14.2. The molecule has 0 saturated carbocycles. The highest BCUT2D eigenvalue weighted by Gasteiger charge is 2.45. The van der Waals surface area contributed by atoms with E-state index >= 15 is 0 Å². The number of nitro groups is 1. The lowest BCUT2D eigenvalue weighted by atomic mass is 9.93. The molecule has 1 heterocycles. The molecule has 3 nitrogen and oxygen atoms in total. The number of rotatable bonds is 2. The third-order valence-electron chi connectivity index (χ3n) is 5.12. The second kappa shape index (κ2) is 7.60. The lowest BCUT2D eigenvalue weighted by Gasteiger charge is -2.47. The fraction of sp³-hybridized carbons (Fsp3) is 0.556. The van der Waals surface area contributed by atoms with Crippen LogP contribution in [-0.4, -0.2) is 13.0 Å². The minimum absolute atomic E-state index is 0.178. The van der Waals surface area contributed by atoms with Crippen LogP contribution in [0, 0.1) is 22.5 Å². The molecule has 1 aromatic carbocycles. The molecule has 0 aromatic heterocycles. The van der Waals surface area contributed by atoms with Crippen molar-refractivity contribution < 1.29 is 4.92 Å². The molecular weight excluding hydrogens is 290 g/mol. The van der Waals surface area contributed by atoms with Crippen molar-refractivity contribution in [2.45, 2.75) is 63.7 Å². The predicted molar refractivity (Wildman–Crippen MR) is 95.7 cm³/mol. The Morgan fingerprint density at radius 1 is 1.41 bits per heavy atom. The number of hydrogen-bond donors (Lipinski definition) is 0. The fourth-order valence-electron chi connectivity index (χ4n) is 3.16. The van der Waals surface area contributed by atoms with Gasteiger partial charge in [0.1, 0.15) is 0 Å². The van der Waals surface area contributed by atoms with Gasteiger partial charge in [-0.1, -0.05) is 58.0 Å². The summed E-state index contributed by atoms with van der Waals surface area (Å²) in [6, 6.07) is 8.61. The molecule has 1 aliphatic heterocycles. The van der Waals surface area contributed by atoms with Crippen LogP contribution in [0.25, 0.3) is 0 Å². The maximum Gasteiger partial charge on any atom is 0.269 e. The number of nitrogens with zero attached hydrogens (tertiary/aromatic N) is 1. The lowest BCUT2D eigenvalue weighted by molar-refractivity contribution is -0.384. The first-order valence-corrected chi connectivity index (χ1v) is 11.2. The number of hydrogen-bond acceptors (Lipinski definition) is 2. The summed E-state index contributed by atoms with van der Waals surface area (Å²) in [5.41, 5.74) is 1.40. The summed E-state index contributed by atoms with van der Waals surface area (Å²) >= 11 is 0. The Hall–Kier alpha value is -1.60. The summed E-state index contributed by atoms with van der Waals surface area (Å²) in [4.78, 5) is 10.6. The second-order valence-electron chi connectivity index (χ2n) is 6.79. The summed E-state index contributed by atoms with van der Waals surface area (Å²) in [5, 5.41) is 11.1. The van der Waals surface area contributed by atoms with Crippen LogP contribution in [-0.2, 0) is 5.04 Å². The van der Waals surface area contributed by atoms with E-state index in [-0.39, 0.29) is 15.6 Å². The first-order chi connectivity index (χ1) is 10.3. The predicted octanol–water partition coefficient (Wildman–Crippen LogP) is 5.31. The van der Waals surface area contributed by atoms with Crippen LogP contribution in [0.5, 0.6) is 0 Å². The molecule has 1 aromatic rings. The summed E-state index contributed by atoms with van der Waals surface area (Å²) < 4.78 is 0. The molecule has 22 heavy (non-hydrogen) atoms. The molecule has 120 valence electrons. The quantitative estimate of drug-likeness (QED) is 0.321. The zero-order chi connectivity index (χ0) is 16.8. The Balaban J connectivity index is 0.000000541. The molecule has 1 fully saturated rings. The van der Waals surface area contributed by atoms with Gasteiger partial charge in [-0.15, -0.1) is 12.3 Å². The van der Waals surface area contributed by atoms with Crippen LogP contribution < -0.4 is 0 Å². The van der Waals surface area contributed by atoms with Gasteiger partial charge in [0.25, 0.3) is 5.69 Å². The topological polar surface area (TPSA) is 43.1 Å². The lowest BCUT2D eigenvalue weighted by Crippen LogP contribution is -2.51. The van der Waals surface area contributed by atoms with Crippen LogP contribution >= 0.6 is 0 Å². The molecule has 1 unspecified atom stereocenters. The normalized spacial score (nSPS) is 22.9. The van der Waals surface area contributed by atoms with E-state index in [2.05, 4.69) is 32.0 Å². The summed E-state index contributed by atoms with van der Waals surface area (Å²) in [6.07, 6.45) is 9.37. The minimum atomic E-state index is -1.37. The van der Waals surface area contributed by atoms with Gasteiger partial charge in [0.15, 0.2) is 0 Å². The molecule has 0 aliphatic carbocycles. The fourth-order valence-corrected chi connectivity index (χ4v) is 6.63. The summed E-state index contributed by atoms with van der Waals surface area (Å²) in [6.45, 7) is 9.10. The van der Waals surface area contributed by atoms with E-state index < -0.39 is 8.07 Å². The van der Waals surface area contributed by atoms with Crippen LogP contribution in [0.3, 0.4) is 0 Å². The SMILES string of the molecule is C#CCC.CC1(c2cccc([N+](=O)[O-])c2)CCCC[Si]1(C)C. The Kier molecular flexibility index (Phi) is 6.37. The second-order valence-corrected chi connectivity index (χ2v) is 12.2. The third-order valence-corrected chi connectivity index (χ3v) is 10.3. The Labute approximate surface area is 135 Å². The van der Waals surface area contributed by atoms with Gasteiger partial charge in [0, 0.05) is 18.6 Å². The van der Waals surface area contributed by atoms with Gasteiger partial charge in [-0.2, -0.15) is 0 Å². The van der Waals surface area contributed by atoms with Gasteiger partial charge in [0.05, 0.1) is 13.0 Å². The van der Waals surface area contributed by atoms with Crippen molar-refractivity contribution >= 4 is 13.8 Å². The van der Waals surface area contributed by atoms with Crippen molar-refractivity contribution in [1.82, 2.24) is 0 Å². The van der Waals surface area contributed by atoms with Crippen molar-refractivity contribution in [2.75, 3.05) is 0 Å². The molecule has 1 aliphatic rings. The Morgan fingerprint density at radius 3 is 2.55 bits per heavy atom. The number of benzene rings is 1. The average Bonchev–Trinajstić information content (AvgIpc) is 2.50. The van der Waals surface area contributed by atoms with Crippen molar-refractivity contribution in [1.29, 1.82) is 0 Å². The summed E-state index contributed by atoms with van der Waals surface area (Å²) in [7, 11) is -1.37. The highest BCUT2D eigenvalue weighted by molar-refractivity contribution is 6.80. The number of nitro benzene ring substituents is 1. The van der Waals surface area contributed by atoms with Gasteiger partial charge in [-0.05, 0) is 17.0 Å².